The van der Waals surface area contributed by atoms with Crippen LogP contribution in [0.15, 0.2) is 12.0 Å². The highest BCUT2D eigenvalue weighted by Gasteiger charge is 1.80. The zero-order valence-electron chi connectivity index (χ0n) is 4.03. The molecule has 0 saturated heterocycles. The van der Waals surface area contributed by atoms with Gasteiger partial charge in [-0.3, -0.25) is 0 Å². The summed E-state index contributed by atoms with van der Waals surface area (Å²) in [7, 11) is 0. The van der Waals surface area contributed by atoms with Crippen LogP contribution in [0.5, 0.6) is 0 Å². The second-order valence-electron chi connectivity index (χ2n) is 1.21. The molecule has 40 valence electrons. The SMILES string of the molecule is CC(=N)/C=C(\N)F. The van der Waals surface area contributed by atoms with E-state index >= 15 is 0 Å². The molecule has 0 aromatic heterocycles. The summed E-state index contributed by atoms with van der Waals surface area (Å²) in [4.78, 5) is 0. The van der Waals surface area contributed by atoms with E-state index in [2.05, 4.69) is 5.73 Å². The van der Waals surface area contributed by atoms with E-state index in [9.17, 15) is 4.39 Å². The molecule has 0 amide bonds. The Bertz CT molecular complexity index is 102. The first-order chi connectivity index (χ1) is 3.13. The Morgan fingerprint density at radius 3 is 2.29 bits per heavy atom. The van der Waals surface area contributed by atoms with E-state index in [1.165, 1.54) is 6.92 Å². The van der Waals surface area contributed by atoms with Crippen molar-refractivity contribution < 1.29 is 4.39 Å². The van der Waals surface area contributed by atoms with Gasteiger partial charge in [-0.1, -0.05) is 0 Å². The van der Waals surface area contributed by atoms with Gasteiger partial charge in [0.2, 0.25) is 0 Å². The van der Waals surface area contributed by atoms with Gasteiger partial charge in [-0.2, -0.15) is 4.39 Å². The minimum Gasteiger partial charge on any atom is -0.376 e. The van der Waals surface area contributed by atoms with Crippen LogP contribution >= 0.6 is 0 Å². The number of hydrogen-bond donors (Lipinski definition) is 2. The van der Waals surface area contributed by atoms with Gasteiger partial charge in [0.1, 0.15) is 0 Å². The van der Waals surface area contributed by atoms with Crippen molar-refractivity contribution in [1.82, 2.24) is 0 Å². The Morgan fingerprint density at radius 2 is 2.29 bits per heavy atom. The fraction of sp³-hybridized carbons (Fsp3) is 0.250. The van der Waals surface area contributed by atoms with Crippen molar-refractivity contribution in [2.24, 2.45) is 5.73 Å². The van der Waals surface area contributed by atoms with E-state index in [-0.39, 0.29) is 5.71 Å². The molecule has 0 radical (unpaired) electrons. The average molecular weight is 102 g/mol. The maximum Gasteiger partial charge on any atom is 0.186 e. The molecule has 0 aliphatic carbocycles. The molecule has 0 fully saturated rings. The van der Waals surface area contributed by atoms with Crippen molar-refractivity contribution in [2.45, 2.75) is 6.92 Å². The summed E-state index contributed by atoms with van der Waals surface area (Å²) >= 11 is 0. The van der Waals surface area contributed by atoms with Gasteiger partial charge >= 0.3 is 0 Å². The Hall–Kier alpha value is -0.860. The second kappa shape index (κ2) is 2.34. The summed E-state index contributed by atoms with van der Waals surface area (Å²) < 4.78 is 11.5. The molecule has 0 bridgehead atoms. The highest BCUT2D eigenvalue weighted by molar-refractivity contribution is 5.90. The summed E-state index contributed by atoms with van der Waals surface area (Å²) in [6.45, 7) is 1.45. The van der Waals surface area contributed by atoms with Crippen molar-refractivity contribution in [3.05, 3.63) is 12.0 Å². The van der Waals surface area contributed by atoms with Crippen molar-refractivity contribution in [2.75, 3.05) is 0 Å². The molecule has 0 aliphatic heterocycles. The van der Waals surface area contributed by atoms with Gasteiger partial charge in [-0.05, 0) is 6.92 Å². The van der Waals surface area contributed by atoms with Crippen LogP contribution in [0.25, 0.3) is 0 Å². The maximum atomic E-state index is 11.5. The smallest absolute Gasteiger partial charge is 0.186 e. The highest BCUT2D eigenvalue weighted by atomic mass is 19.1. The first-order valence-electron chi connectivity index (χ1n) is 1.81. The minimum atomic E-state index is -0.812. The highest BCUT2D eigenvalue weighted by Crippen LogP contribution is 1.82. The molecule has 0 unspecified atom stereocenters. The summed E-state index contributed by atoms with van der Waals surface area (Å²) in [5, 5.41) is 6.63. The Kier molecular flexibility index (Phi) is 2.05. The lowest BCUT2D eigenvalue weighted by Gasteiger charge is -1.80. The number of allylic oxidation sites excluding steroid dienone is 1. The molecule has 0 aliphatic rings. The monoisotopic (exact) mass is 102 g/mol. The second-order valence-corrected chi connectivity index (χ2v) is 1.21. The van der Waals surface area contributed by atoms with Crippen LogP contribution in [-0.4, -0.2) is 5.71 Å². The summed E-state index contributed by atoms with van der Waals surface area (Å²) in [5.74, 6) is -0.812. The van der Waals surface area contributed by atoms with Gasteiger partial charge in [0.15, 0.2) is 5.95 Å². The van der Waals surface area contributed by atoms with Crippen molar-refractivity contribution >= 4 is 5.71 Å². The van der Waals surface area contributed by atoms with Crippen LogP contribution in [-0.2, 0) is 0 Å². The molecule has 0 saturated carbocycles. The third kappa shape index (κ3) is 5.14. The molecule has 0 heterocycles. The van der Waals surface area contributed by atoms with Gasteiger partial charge in [0.25, 0.3) is 0 Å². The number of hydrogen-bond acceptors (Lipinski definition) is 2. The number of nitrogens with two attached hydrogens (primary N) is 1. The lowest BCUT2D eigenvalue weighted by Crippen LogP contribution is -1.91. The van der Waals surface area contributed by atoms with E-state index in [0.717, 1.165) is 6.08 Å². The third-order valence-electron chi connectivity index (χ3n) is 0.354. The first-order valence-corrected chi connectivity index (χ1v) is 1.81. The number of rotatable bonds is 1. The minimum absolute atomic E-state index is 0.125. The predicted octanol–water partition coefficient (Wildman–Crippen LogP) is 0.796. The molecule has 2 nitrogen and oxygen atoms in total. The molecular weight excluding hydrogens is 95.1 g/mol. The van der Waals surface area contributed by atoms with Gasteiger partial charge in [-0.25, -0.2) is 0 Å². The van der Waals surface area contributed by atoms with Gasteiger partial charge < -0.3 is 11.1 Å². The van der Waals surface area contributed by atoms with E-state index in [4.69, 9.17) is 5.41 Å². The first kappa shape index (κ1) is 6.14. The molecule has 0 atom stereocenters. The standard InChI is InChI=1S/C4H7FN2/c1-3(6)2-4(5)7/h2,6H,7H2,1H3/b4-2-,6-3?. The number of halogens is 1. The largest absolute Gasteiger partial charge is 0.376 e. The van der Waals surface area contributed by atoms with E-state index in [1.54, 1.807) is 0 Å². The molecule has 3 N–H and O–H groups in total. The lowest BCUT2D eigenvalue weighted by atomic mass is 10.4. The molecule has 3 heteroatoms. The van der Waals surface area contributed by atoms with Crippen LogP contribution in [0.3, 0.4) is 0 Å². The van der Waals surface area contributed by atoms with Gasteiger partial charge in [0, 0.05) is 11.8 Å². The summed E-state index contributed by atoms with van der Waals surface area (Å²) in [6.07, 6.45) is 0.944. The molecule has 0 spiro atoms. The van der Waals surface area contributed by atoms with E-state index < -0.39 is 5.95 Å². The molecule has 0 rings (SSSR count). The van der Waals surface area contributed by atoms with Gasteiger partial charge in [-0.15, -0.1) is 0 Å². The lowest BCUT2D eigenvalue weighted by molar-refractivity contribution is 0.628. The Morgan fingerprint density at radius 1 is 1.86 bits per heavy atom. The van der Waals surface area contributed by atoms with Crippen LogP contribution in [0.4, 0.5) is 4.39 Å². The zero-order valence-corrected chi connectivity index (χ0v) is 4.03. The van der Waals surface area contributed by atoms with Crippen LogP contribution in [0.2, 0.25) is 0 Å². The van der Waals surface area contributed by atoms with Crippen LogP contribution in [0.1, 0.15) is 6.92 Å². The Balaban J connectivity index is 3.68. The topological polar surface area (TPSA) is 49.9 Å². The van der Waals surface area contributed by atoms with E-state index in [1.807, 2.05) is 0 Å². The summed E-state index contributed by atoms with van der Waals surface area (Å²) in [6, 6.07) is 0. The predicted molar refractivity (Wildman–Crippen MR) is 26.8 cm³/mol. The third-order valence-corrected chi connectivity index (χ3v) is 0.354. The Labute approximate surface area is 41.3 Å². The normalized spacial score (nSPS) is 11.4. The molecular formula is C4H7FN2. The molecule has 7 heavy (non-hydrogen) atoms. The fourth-order valence-corrected chi connectivity index (χ4v) is 0.207. The fourth-order valence-electron chi connectivity index (χ4n) is 0.207. The van der Waals surface area contributed by atoms with Crippen LogP contribution in [0, 0.1) is 5.41 Å². The van der Waals surface area contributed by atoms with Crippen molar-refractivity contribution in [3.63, 3.8) is 0 Å². The summed E-state index contributed by atoms with van der Waals surface area (Å²) in [5.41, 5.74) is 4.67. The zero-order chi connectivity index (χ0) is 5.86. The average Bonchev–Trinajstić information content (AvgIpc) is 1.27. The van der Waals surface area contributed by atoms with Crippen LogP contribution < -0.4 is 5.73 Å². The number of nitrogens with one attached hydrogen (secondary N) is 1. The van der Waals surface area contributed by atoms with E-state index in [0.29, 0.717) is 0 Å². The molecule has 0 aromatic carbocycles. The maximum absolute atomic E-state index is 11.5. The quantitative estimate of drug-likeness (QED) is 0.373. The van der Waals surface area contributed by atoms with Crippen molar-refractivity contribution in [1.29, 1.82) is 5.41 Å². The molecule has 0 aromatic rings. The van der Waals surface area contributed by atoms with Gasteiger partial charge in [0.05, 0.1) is 0 Å². The van der Waals surface area contributed by atoms with Crippen molar-refractivity contribution in [3.8, 4) is 0 Å².